The van der Waals surface area contributed by atoms with E-state index in [-0.39, 0.29) is 0 Å². The first kappa shape index (κ1) is 40.7. The Balaban J connectivity index is 1.58. The van der Waals surface area contributed by atoms with E-state index in [0.29, 0.717) is 6.10 Å². The van der Waals surface area contributed by atoms with Crippen molar-refractivity contribution in [2.24, 2.45) is 0 Å². The minimum absolute atomic E-state index is 0.645. The molecule has 1 heterocycles. The van der Waals surface area contributed by atoms with Gasteiger partial charge in [0.1, 0.15) is 0 Å². The summed E-state index contributed by atoms with van der Waals surface area (Å²) in [7, 11) is 0. The number of hydrogen-bond acceptors (Lipinski definition) is 1. The second-order valence-corrected chi connectivity index (χ2v) is 14.5. The summed E-state index contributed by atoms with van der Waals surface area (Å²) in [6.45, 7) is 4.85. The summed E-state index contributed by atoms with van der Waals surface area (Å²) >= 11 is 0. The summed E-state index contributed by atoms with van der Waals surface area (Å²) in [5, 5.41) is 0. The van der Waals surface area contributed by atoms with Crippen LogP contribution in [-0.4, -0.2) is 12.7 Å². The van der Waals surface area contributed by atoms with Gasteiger partial charge in [-0.25, -0.2) is 0 Å². The standard InChI is InChI=1S/C42H82O/c1-2-3-4-5-6-7-8-9-10-11-12-13-14-15-16-17-18-19-20-21-22-23-24-25-26-27-28-29-30-31-32-33-34-35-36-37-38-39-40-42-41-43-42/h2,42H,1,3-41H2. The SMILES string of the molecule is C=CCCCCCCCCCCCCCCCCCCCCCCCCCCCCCCCCCCCCCCC1CO1. The summed E-state index contributed by atoms with van der Waals surface area (Å²) in [6, 6.07) is 0. The first-order valence-electron chi connectivity index (χ1n) is 20.7. The van der Waals surface area contributed by atoms with Gasteiger partial charge >= 0.3 is 0 Å². The Bertz CT molecular complexity index is 509. The summed E-state index contributed by atoms with van der Waals surface area (Å²) in [5.41, 5.74) is 0. The first-order chi connectivity index (χ1) is 21.4. The van der Waals surface area contributed by atoms with E-state index >= 15 is 0 Å². The molecule has 0 aromatic carbocycles. The zero-order valence-corrected chi connectivity index (χ0v) is 29.8. The molecule has 256 valence electrons. The lowest BCUT2D eigenvalue weighted by molar-refractivity contribution is 0.387. The minimum Gasteiger partial charge on any atom is -0.373 e. The molecule has 1 fully saturated rings. The van der Waals surface area contributed by atoms with Gasteiger partial charge in [-0.05, 0) is 19.3 Å². The number of allylic oxidation sites excluding steroid dienone is 1. The minimum atomic E-state index is 0.645. The van der Waals surface area contributed by atoms with Crippen molar-refractivity contribution in [3.8, 4) is 0 Å². The lowest BCUT2D eigenvalue weighted by Crippen LogP contribution is -1.86. The van der Waals surface area contributed by atoms with Crippen LogP contribution in [0.25, 0.3) is 0 Å². The van der Waals surface area contributed by atoms with E-state index in [9.17, 15) is 0 Å². The molecule has 0 aromatic heterocycles. The highest BCUT2D eigenvalue weighted by molar-refractivity contribution is 4.68. The second kappa shape index (κ2) is 36.2. The largest absolute Gasteiger partial charge is 0.373 e. The van der Waals surface area contributed by atoms with Crippen LogP contribution in [-0.2, 0) is 4.74 Å². The van der Waals surface area contributed by atoms with E-state index in [1.807, 2.05) is 0 Å². The van der Waals surface area contributed by atoms with E-state index in [0.717, 1.165) is 6.61 Å². The van der Waals surface area contributed by atoms with E-state index in [1.54, 1.807) is 0 Å². The van der Waals surface area contributed by atoms with Gasteiger partial charge in [0.25, 0.3) is 0 Å². The van der Waals surface area contributed by atoms with Crippen LogP contribution >= 0.6 is 0 Å². The van der Waals surface area contributed by atoms with Gasteiger partial charge in [-0.3, -0.25) is 0 Å². The van der Waals surface area contributed by atoms with Crippen LogP contribution in [0, 0.1) is 0 Å². The van der Waals surface area contributed by atoms with Crippen molar-refractivity contribution in [1.29, 1.82) is 0 Å². The third kappa shape index (κ3) is 36.0. The fourth-order valence-electron chi connectivity index (χ4n) is 6.91. The lowest BCUT2D eigenvalue weighted by Gasteiger charge is -2.05. The lowest BCUT2D eigenvalue weighted by atomic mass is 10.0. The molecule has 0 spiro atoms. The predicted molar refractivity (Wildman–Crippen MR) is 195 cm³/mol. The van der Waals surface area contributed by atoms with Crippen LogP contribution in [0.1, 0.15) is 244 Å². The molecular formula is C42H82O. The van der Waals surface area contributed by atoms with Crippen molar-refractivity contribution in [3.05, 3.63) is 12.7 Å². The molecule has 0 saturated carbocycles. The van der Waals surface area contributed by atoms with Crippen LogP contribution in [0.4, 0.5) is 0 Å². The molecule has 1 saturated heterocycles. The molecule has 1 atom stereocenters. The quantitative estimate of drug-likeness (QED) is 0.0387. The average molecular weight is 603 g/mol. The van der Waals surface area contributed by atoms with Gasteiger partial charge in [0.2, 0.25) is 0 Å². The molecule has 0 aliphatic carbocycles. The van der Waals surface area contributed by atoms with E-state index < -0.39 is 0 Å². The molecule has 1 aliphatic heterocycles. The van der Waals surface area contributed by atoms with E-state index in [4.69, 9.17) is 4.74 Å². The molecule has 0 aromatic rings. The van der Waals surface area contributed by atoms with Crippen molar-refractivity contribution < 1.29 is 4.74 Å². The first-order valence-corrected chi connectivity index (χ1v) is 20.7. The maximum absolute atomic E-state index is 5.28. The molecule has 1 nitrogen and oxygen atoms in total. The fourth-order valence-corrected chi connectivity index (χ4v) is 6.91. The normalized spacial score (nSPS) is 14.5. The number of unbranched alkanes of at least 4 members (excludes halogenated alkanes) is 36. The highest BCUT2D eigenvalue weighted by Gasteiger charge is 2.20. The topological polar surface area (TPSA) is 12.5 Å². The summed E-state index contributed by atoms with van der Waals surface area (Å²) < 4.78 is 5.28. The highest BCUT2D eigenvalue weighted by atomic mass is 16.6. The molecule has 1 unspecified atom stereocenters. The predicted octanol–water partition coefficient (Wildman–Crippen LogP) is 15.4. The molecule has 0 bridgehead atoms. The van der Waals surface area contributed by atoms with Gasteiger partial charge in [-0.15, -0.1) is 6.58 Å². The average Bonchev–Trinajstić information content (AvgIpc) is 3.85. The van der Waals surface area contributed by atoms with Crippen LogP contribution in [0.5, 0.6) is 0 Å². The van der Waals surface area contributed by atoms with Crippen molar-refractivity contribution in [2.75, 3.05) is 6.61 Å². The molecule has 1 aliphatic rings. The van der Waals surface area contributed by atoms with Gasteiger partial charge in [0, 0.05) is 0 Å². The van der Waals surface area contributed by atoms with Crippen LogP contribution in [0.3, 0.4) is 0 Å². The van der Waals surface area contributed by atoms with E-state index in [1.165, 1.54) is 244 Å². The smallest absolute Gasteiger partial charge is 0.0810 e. The Morgan fingerprint density at radius 3 is 0.698 bits per heavy atom. The molecule has 0 N–H and O–H groups in total. The van der Waals surface area contributed by atoms with Crippen molar-refractivity contribution >= 4 is 0 Å². The van der Waals surface area contributed by atoms with Gasteiger partial charge in [0.05, 0.1) is 12.7 Å². The van der Waals surface area contributed by atoms with Gasteiger partial charge in [-0.1, -0.05) is 231 Å². The Morgan fingerprint density at radius 2 is 0.512 bits per heavy atom. The number of epoxide rings is 1. The summed E-state index contributed by atoms with van der Waals surface area (Å²) in [4.78, 5) is 0. The van der Waals surface area contributed by atoms with Crippen LogP contribution < -0.4 is 0 Å². The Labute approximate surface area is 273 Å². The third-order valence-electron chi connectivity index (χ3n) is 10.1. The molecule has 43 heavy (non-hydrogen) atoms. The van der Waals surface area contributed by atoms with Crippen LogP contribution in [0.2, 0.25) is 0 Å². The highest BCUT2D eigenvalue weighted by Crippen LogP contribution is 2.19. The molecule has 1 rings (SSSR count). The fraction of sp³-hybridized carbons (Fsp3) is 0.952. The zero-order chi connectivity index (χ0) is 30.6. The molecule has 1 heteroatoms. The van der Waals surface area contributed by atoms with Gasteiger partial charge in [-0.2, -0.15) is 0 Å². The Kier molecular flexibility index (Phi) is 34.3. The maximum Gasteiger partial charge on any atom is 0.0810 e. The van der Waals surface area contributed by atoms with Crippen molar-refractivity contribution in [1.82, 2.24) is 0 Å². The van der Waals surface area contributed by atoms with E-state index in [2.05, 4.69) is 12.7 Å². The Hall–Kier alpha value is -0.300. The number of ether oxygens (including phenoxy) is 1. The second-order valence-electron chi connectivity index (χ2n) is 14.5. The van der Waals surface area contributed by atoms with Crippen molar-refractivity contribution in [2.45, 2.75) is 250 Å². The van der Waals surface area contributed by atoms with Gasteiger partial charge in [0.15, 0.2) is 0 Å². The zero-order valence-electron chi connectivity index (χ0n) is 29.8. The monoisotopic (exact) mass is 603 g/mol. The van der Waals surface area contributed by atoms with Crippen molar-refractivity contribution in [3.63, 3.8) is 0 Å². The molecular weight excluding hydrogens is 520 g/mol. The number of hydrogen-bond donors (Lipinski definition) is 0. The third-order valence-corrected chi connectivity index (χ3v) is 10.1. The summed E-state index contributed by atoms with van der Waals surface area (Å²) in [6.07, 6.45) is 58.2. The van der Waals surface area contributed by atoms with Crippen LogP contribution in [0.15, 0.2) is 12.7 Å². The maximum atomic E-state index is 5.28. The number of rotatable bonds is 39. The molecule has 0 radical (unpaired) electrons. The summed E-state index contributed by atoms with van der Waals surface area (Å²) in [5.74, 6) is 0. The Morgan fingerprint density at radius 1 is 0.326 bits per heavy atom. The van der Waals surface area contributed by atoms with Gasteiger partial charge < -0.3 is 4.74 Å². The molecule has 0 amide bonds.